The molecule has 0 N–H and O–H groups in total. The van der Waals surface area contributed by atoms with Crippen molar-refractivity contribution in [3.8, 4) is 0 Å². The third kappa shape index (κ3) is 5.49. The summed E-state index contributed by atoms with van der Waals surface area (Å²) < 4.78 is 1.89. The molecule has 6 heteroatoms. The van der Waals surface area contributed by atoms with Crippen LogP contribution in [-0.4, -0.2) is 5.78 Å². The first-order chi connectivity index (χ1) is 12.9. The molecular weight excluding hydrogens is 531 g/mol. The van der Waals surface area contributed by atoms with Crippen LogP contribution in [0.3, 0.4) is 0 Å². The summed E-state index contributed by atoms with van der Waals surface area (Å²) >= 11 is 20.8. The second-order valence-corrected chi connectivity index (χ2v) is 9.30. The van der Waals surface area contributed by atoms with Gasteiger partial charge in [0, 0.05) is 35.0 Å². The van der Waals surface area contributed by atoms with Crippen molar-refractivity contribution in [1.82, 2.24) is 0 Å². The fourth-order valence-corrected chi connectivity index (χ4v) is 4.24. The Bertz CT molecular complexity index is 979. The smallest absolute Gasteiger partial charge is 0.199 e. The third-order valence-electron chi connectivity index (χ3n) is 3.65. The number of benzene rings is 3. The molecule has 0 heterocycles. The minimum Gasteiger partial charge on any atom is -0.288 e. The van der Waals surface area contributed by atoms with Crippen LogP contribution >= 0.6 is 66.8 Å². The number of allylic oxidation sites excluding steroid dienone is 1. The maximum absolute atomic E-state index is 13.2. The van der Waals surface area contributed by atoms with Crippen molar-refractivity contribution < 1.29 is 4.79 Å². The molecule has 0 aliphatic carbocycles. The average molecular weight is 543 g/mol. The summed E-state index contributed by atoms with van der Waals surface area (Å²) in [7, 11) is 0. The number of hydrogen-bond acceptors (Lipinski definition) is 2. The van der Waals surface area contributed by atoms with Gasteiger partial charge in [-0.2, -0.15) is 0 Å². The van der Waals surface area contributed by atoms with Gasteiger partial charge < -0.3 is 0 Å². The molecule has 0 atom stereocenters. The van der Waals surface area contributed by atoms with Crippen molar-refractivity contribution in [2.75, 3.05) is 0 Å². The monoisotopic (exact) mass is 540 g/mol. The summed E-state index contributed by atoms with van der Waals surface area (Å²) in [5, 5.41) is 1.00. The molecule has 1 nitrogen and oxygen atoms in total. The number of Topliss-reactive ketones (excluding diaryl/α,β-unsaturated/α-hetero) is 1. The van der Waals surface area contributed by atoms with Gasteiger partial charge in [-0.05, 0) is 66.7 Å². The summed E-state index contributed by atoms with van der Waals surface area (Å²) in [4.78, 5) is 14.6. The zero-order chi connectivity index (χ0) is 19.4. The van der Waals surface area contributed by atoms with Crippen LogP contribution in [0.5, 0.6) is 0 Å². The lowest BCUT2D eigenvalue weighted by molar-refractivity contribution is 0.104. The van der Waals surface area contributed by atoms with Crippen LogP contribution in [-0.2, 0) is 0 Å². The van der Waals surface area contributed by atoms with Gasteiger partial charge in [0.05, 0.1) is 4.91 Å². The van der Waals surface area contributed by atoms with E-state index in [4.69, 9.17) is 23.2 Å². The van der Waals surface area contributed by atoms with Crippen molar-refractivity contribution >= 4 is 78.7 Å². The van der Waals surface area contributed by atoms with E-state index in [0.29, 0.717) is 26.1 Å². The fraction of sp³-hybridized carbons (Fsp3) is 0. The highest BCUT2D eigenvalue weighted by Gasteiger charge is 2.16. The van der Waals surface area contributed by atoms with E-state index in [2.05, 4.69) is 31.9 Å². The number of hydrogen-bond donors (Lipinski definition) is 0. The van der Waals surface area contributed by atoms with E-state index in [0.717, 1.165) is 13.8 Å². The van der Waals surface area contributed by atoms with Crippen LogP contribution in [0.1, 0.15) is 15.9 Å². The molecule has 0 radical (unpaired) electrons. The summed E-state index contributed by atoms with van der Waals surface area (Å²) in [5.41, 5.74) is 1.23. The van der Waals surface area contributed by atoms with Gasteiger partial charge >= 0.3 is 0 Å². The largest absolute Gasteiger partial charge is 0.288 e. The Hall–Kier alpha value is -1.04. The third-order valence-corrected chi connectivity index (χ3v) is 6.39. The van der Waals surface area contributed by atoms with Crippen LogP contribution in [0.15, 0.2) is 85.5 Å². The lowest BCUT2D eigenvalue weighted by Crippen LogP contribution is -2.01. The molecule has 0 fully saturated rings. The molecule has 136 valence electrons. The van der Waals surface area contributed by atoms with Crippen LogP contribution < -0.4 is 0 Å². The summed E-state index contributed by atoms with van der Waals surface area (Å²) in [6, 6.07) is 20.3. The first-order valence-electron chi connectivity index (χ1n) is 7.83. The van der Waals surface area contributed by atoms with Gasteiger partial charge in [0.15, 0.2) is 5.78 Å². The van der Waals surface area contributed by atoms with E-state index < -0.39 is 0 Å². The Balaban J connectivity index is 2.05. The van der Waals surface area contributed by atoms with Gasteiger partial charge in [0.2, 0.25) is 0 Å². The number of rotatable bonds is 5. The van der Waals surface area contributed by atoms with Crippen molar-refractivity contribution in [1.29, 1.82) is 0 Å². The second kappa shape index (κ2) is 9.44. The van der Waals surface area contributed by atoms with Crippen molar-refractivity contribution in [3.63, 3.8) is 0 Å². The van der Waals surface area contributed by atoms with E-state index in [1.165, 1.54) is 11.8 Å². The molecular formula is C21H12Br2Cl2OS. The summed E-state index contributed by atoms with van der Waals surface area (Å²) in [5.74, 6) is -0.0913. The van der Waals surface area contributed by atoms with Gasteiger partial charge in [-0.3, -0.25) is 4.79 Å². The molecule has 0 amide bonds. The topological polar surface area (TPSA) is 17.1 Å². The second-order valence-electron chi connectivity index (χ2n) is 5.54. The van der Waals surface area contributed by atoms with Gasteiger partial charge in [-0.1, -0.05) is 72.9 Å². The molecule has 0 unspecified atom stereocenters. The zero-order valence-electron chi connectivity index (χ0n) is 13.8. The van der Waals surface area contributed by atoms with E-state index in [1.54, 1.807) is 36.4 Å². The molecule has 0 saturated carbocycles. The first-order valence-corrected chi connectivity index (χ1v) is 11.0. The van der Waals surface area contributed by atoms with Gasteiger partial charge in [0.25, 0.3) is 0 Å². The number of thioether (sulfide) groups is 1. The SMILES string of the molecule is O=C(/C(=C/c1c(Cl)cccc1Cl)Sc1ccc(Br)cc1)c1ccc(Br)cc1. The van der Waals surface area contributed by atoms with Crippen LogP contribution in [0.25, 0.3) is 6.08 Å². The Morgan fingerprint density at radius 2 is 1.33 bits per heavy atom. The van der Waals surface area contributed by atoms with E-state index in [-0.39, 0.29) is 5.78 Å². The van der Waals surface area contributed by atoms with Gasteiger partial charge in [-0.25, -0.2) is 0 Å². The van der Waals surface area contributed by atoms with Crippen LogP contribution in [0.2, 0.25) is 10.0 Å². The minimum atomic E-state index is -0.0913. The Morgan fingerprint density at radius 1 is 0.815 bits per heavy atom. The van der Waals surface area contributed by atoms with Crippen molar-refractivity contribution in [2.45, 2.75) is 4.90 Å². The van der Waals surface area contributed by atoms with Crippen LogP contribution in [0.4, 0.5) is 0 Å². The molecule has 0 spiro atoms. The van der Waals surface area contributed by atoms with Gasteiger partial charge in [0.1, 0.15) is 0 Å². The van der Waals surface area contributed by atoms with E-state index in [9.17, 15) is 4.79 Å². The highest BCUT2D eigenvalue weighted by Crippen LogP contribution is 2.35. The molecule has 3 rings (SSSR count). The van der Waals surface area contributed by atoms with Crippen molar-refractivity contribution in [2.24, 2.45) is 0 Å². The maximum atomic E-state index is 13.2. The number of ketones is 1. The Labute approximate surface area is 189 Å². The maximum Gasteiger partial charge on any atom is 0.199 e. The number of carbonyl (C=O) groups excluding carboxylic acids is 1. The molecule has 0 saturated heterocycles. The first kappa shape index (κ1) is 20.7. The molecule has 0 bridgehead atoms. The van der Waals surface area contributed by atoms with E-state index in [1.807, 2.05) is 36.4 Å². The molecule has 0 aliphatic rings. The standard InChI is InChI=1S/C21H12Br2Cl2OS/c22-14-6-4-13(5-7-14)21(26)20(27-16-10-8-15(23)9-11-16)12-17-18(24)2-1-3-19(17)25/h1-12H/b20-12-. The zero-order valence-corrected chi connectivity index (χ0v) is 19.3. The van der Waals surface area contributed by atoms with Crippen molar-refractivity contribution in [3.05, 3.63) is 102 Å². The lowest BCUT2D eigenvalue weighted by Gasteiger charge is -2.09. The Morgan fingerprint density at radius 3 is 1.89 bits per heavy atom. The quantitative estimate of drug-likeness (QED) is 0.182. The predicted octanol–water partition coefficient (Wildman–Crippen LogP) is 8.53. The highest BCUT2D eigenvalue weighted by atomic mass is 79.9. The average Bonchev–Trinajstić information content (AvgIpc) is 2.65. The van der Waals surface area contributed by atoms with Crippen LogP contribution in [0, 0.1) is 0 Å². The molecule has 0 aliphatic heterocycles. The molecule has 3 aromatic carbocycles. The van der Waals surface area contributed by atoms with E-state index >= 15 is 0 Å². The van der Waals surface area contributed by atoms with Gasteiger partial charge in [-0.15, -0.1) is 0 Å². The summed E-state index contributed by atoms with van der Waals surface area (Å²) in [6.45, 7) is 0. The molecule has 3 aromatic rings. The predicted molar refractivity (Wildman–Crippen MR) is 123 cm³/mol. The Kier molecular flexibility index (Phi) is 7.23. The lowest BCUT2D eigenvalue weighted by atomic mass is 10.1. The highest BCUT2D eigenvalue weighted by molar-refractivity contribution is 9.10. The minimum absolute atomic E-state index is 0.0913. The molecule has 27 heavy (non-hydrogen) atoms. The number of carbonyl (C=O) groups is 1. The molecule has 0 aromatic heterocycles. The normalized spacial score (nSPS) is 11.5. The number of halogens is 4. The fourth-order valence-electron chi connectivity index (χ4n) is 2.29. The summed E-state index contributed by atoms with van der Waals surface area (Å²) in [6.07, 6.45) is 1.75.